The molecule has 0 bridgehead atoms. The van der Waals surface area contributed by atoms with Gasteiger partial charge in [0, 0.05) is 33.6 Å². The van der Waals surface area contributed by atoms with E-state index in [1.165, 1.54) is 0 Å². The Kier molecular flexibility index (Phi) is 5.54. The zero-order valence-corrected chi connectivity index (χ0v) is 17.5. The number of rotatable bonds is 4. The fourth-order valence-electron chi connectivity index (χ4n) is 3.23. The smallest absolute Gasteiger partial charge is 0.124 e. The number of aromatic hydroxyl groups is 1. The highest BCUT2D eigenvalue weighted by atomic mass is 79.9. The lowest BCUT2D eigenvalue weighted by molar-refractivity contribution is 0.477. The van der Waals surface area contributed by atoms with Crippen molar-refractivity contribution in [2.45, 2.75) is 6.92 Å². The van der Waals surface area contributed by atoms with E-state index in [1.807, 2.05) is 49.5 Å². The van der Waals surface area contributed by atoms with Gasteiger partial charge in [-0.15, -0.1) is 0 Å². The van der Waals surface area contributed by atoms with Crippen molar-refractivity contribution in [3.8, 4) is 28.3 Å². The third kappa shape index (κ3) is 4.28. The Morgan fingerprint density at radius 1 is 0.828 bits per heavy atom. The highest BCUT2D eigenvalue weighted by Gasteiger charge is 2.12. The topological polar surface area (TPSA) is 46.0 Å². The van der Waals surface area contributed by atoms with Crippen LogP contribution in [0.15, 0.2) is 83.6 Å². The number of phenols is 1. The van der Waals surface area contributed by atoms with E-state index in [4.69, 9.17) is 0 Å². The average molecular weight is 443 g/mol. The number of benzene rings is 2. The Morgan fingerprint density at radius 3 is 2.31 bits per heavy atom. The number of hydrogen-bond acceptors (Lipinski definition) is 3. The second-order valence-electron chi connectivity index (χ2n) is 6.74. The van der Waals surface area contributed by atoms with Crippen LogP contribution in [0, 0.1) is 6.92 Å². The van der Waals surface area contributed by atoms with E-state index >= 15 is 0 Å². The summed E-state index contributed by atoms with van der Waals surface area (Å²) in [5.41, 5.74) is 6.39. The summed E-state index contributed by atoms with van der Waals surface area (Å²) in [4.78, 5) is 9.27. The van der Waals surface area contributed by atoms with Crippen LogP contribution in [-0.4, -0.2) is 15.1 Å². The Hall–Kier alpha value is -3.24. The Bertz CT molecular complexity index is 1190. The van der Waals surface area contributed by atoms with Crippen molar-refractivity contribution in [1.29, 1.82) is 0 Å². The summed E-state index contributed by atoms with van der Waals surface area (Å²) in [5.74, 6) is 0.226. The van der Waals surface area contributed by atoms with Crippen LogP contribution >= 0.6 is 15.9 Å². The first-order valence-corrected chi connectivity index (χ1v) is 10.0. The molecule has 0 amide bonds. The first kappa shape index (κ1) is 19.1. The van der Waals surface area contributed by atoms with Crippen molar-refractivity contribution in [2.24, 2.45) is 0 Å². The number of phenolic OH excluding ortho intramolecular Hbond substituents is 1. The molecule has 3 nitrogen and oxygen atoms in total. The summed E-state index contributed by atoms with van der Waals surface area (Å²) in [6, 6.07) is 21.5. The lowest BCUT2D eigenvalue weighted by Gasteiger charge is -2.11. The van der Waals surface area contributed by atoms with E-state index in [1.54, 1.807) is 18.3 Å². The van der Waals surface area contributed by atoms with Gasteiger partial charge in [0.05, 0.1) is 11.4 Å². The number of nitrogens with zero attached hydrogens (tertiary/aromatic N) is 2. The molecule has 0 aliphatic rings. The summed E-state index contributed by atoms with van der Waals surface area (Å²) in [7, 11) is 0. The third-order valence-electron chi connectivity index (χ3n) is 4.65. The van der Waals surface area contributed by atoms with Gasteiger partial charge in [-0.1, -0.05) is 54.6 Å². The number of aryl methyl sites for hydroxylation is 1. The van der Waals surface area contributed by atoms with Crippen LogP contribution in [0.5, 0.6) is 5.75 Å². The van der Waals surface area contributed by atoms with E-state index in [9.17, 15) is 5.11 Å². The van der Waals surface area contributed by atoms with Gasteiger partial charge in [-0.3, -0.25) is 9.97 Å². The van der Waals surface area contributed by atoms with Crippen LogP contribution in [0.2, 0.25) is 0 Å². The lowest BCUT2D eigenvalue weighted by Crippen LogP contribution is -1.94. The van der Waals surface area contributed by atoms with Crippen LogP contribution in [-0.2, 0) is 0 Å². The van der Waals surface area contributed by atoms with Crippen molar-refractivity contribution in [3.63, 3.8) is 0 Å². The number of halogens is 1. The highest BCUT2D eigenvalue weighted by molar-refractivity contribution is 9.10. The molecule has 0 unspecified atom stereocenters. The molecule has 0 aliphatic heterocycles. The van der Waals surface area contributed by atoms with Crippen LogP contribution in [0.3, 0.4) is 0 Å². The number of pyridine rings is 2. The van der Waals surface area contributed by atoms with Crippen molar-refractivity contribution < 1.29 is 5.11 Å². The van der Waals surface area contributed by atoms with Crippen molar-refractivity contribution in [3.05, 3.63) is 100 Å². The monoisotopic (exact) mass is 442 g/mol. The van der Waals surface area contributed by atoms with Crippen LogP contribution < -0.4 is 0 Å². The summed E-state index contributed by atoms with van der Waals surface area (Å²) < 4.78 is 0.921. The minimum absolute atomic E-state index is 0.226. The molecule has 29 heavy (non-hydrogen) atoms. The molecule has 0 spiro atoms. The van der Waals surface area contributed by atoms with Gasteiger partial charge in [-0.05, 0) is 58.2 Å². The van der Waals surface area contributed by atoms with E-state index in [-0.39, 0.29) is 5.75 Å². The molecule has 4 aromatic rings. The minimum Gasteiger partial charge on any atom is -0.507 e. The zero-order chi connectivity index (χ0) is 20.2. The zero-order valence-electron chi connectivity index (χ0n) is 15.9. The number of hydrogen-bond donors (Lipinski definition) is 1. The van der Waals surface area contributed by atoms with Crippen molar-refractivity contribution in [2.75, 3.05) is 0 Å². The quantitative estimate of drug-likeness (QED) is 0.379. The van der Waals surface area contributed by atoms with Gasteiger partial charge >= 0.3 is 0 Å². The average Bonchev–Trinajstić information content (AvgIpc) is 2.74. The predicted molar refractivity (Wildman–Crippen MR) is 122 cm³/mol. The second-order valence-corrected chi connectivity index (χ2v) is 7.66. The van der Waals surface area contributed by atoms with Crippen molar-refractivity contribution in [1.82, 2.24) is 9.97 Å². The fourth-order valence-corrected chi connectivity index (χ4v) is 3.58. The van der Waals surface area contributed by atoms with E-state index in [0.29, 0.717) is 0 Å². The standard InChI is InChI=1S/C25H19BrN2O/c1-17-13-20(15-27-24(17)22-9-5-6-10-23(22)29)25-19(14-21(26)16-28-25)12-11-18-7-3-2-4-8-18/h2-16,29H,1H3. The first-order valence-electron chi connectivity index (χ1n) is 9.26. The molecule has 0 aliphatic carbocycles. The Morgan fingerprint density at radius 2 is 1.55 bits per heavy atom. The summed E-state index contributed by atoms with van der Waals surface area (Å²) in [6.07, 6.45) is 7.74. The van der Waals surface area contributed by atoms with Gasteiger partial charge in [0.2, 0.25) is 0 Å². The second kappa shape index (κ2) is 8.41. The maximum absolute atomic E-state index is 10.2. The molecular weight excluding hydrogens is 424 g/mol. The summed E-state index contributed by atoms with van der Waals surface area (Å²) >= 11 is 3.52. The van der Waals surface area contributed by atoms with Crippen LogP contribution in [0.4, 0.5) is 0 Å². The molecule has 4 heteroatoms. The predicted octanol–water partition coefficient (Wildman–Crippen LogP) is 6.76. The molecule has 2 aromatic carbocycles. The SMILES string of the molecule is Cc1cc(-c2ncc(Br)cc2C=Cc2ccccc2)cnc1-c1ccccc1O. The van der Waals surface area contributed by atoms with E-state index < -0.39 is 0 Å². The first-order chi connectivity index (χ1) is 14.1. The number of aromatic nitrogens is 2. The third-order valence-corrected chi connectivity index (χ3v) is 5.08. The molecular formula is C25H19BrN2O. The maximum atomic E-state index is 10.2. The molecule has 0 fully saturated rings. The lowest BCUT2D eigenvalue weighted by atomic mass is 10.0. The molecule has 4 rings (SSSR count). The van der Waals surface area contributed by atoms with Crippen LogP contribution in [0.1, 0.15) is 16.7 Å². The van der Waals surface area contributed by atoms with Gasteiger partial charge in [-0.25, -0.2) is 0 Å². The van der Waals surface area contributed by atoms with Crippen molar-refractivity contribution >= 4 is 28.1 Å². The normalized spacial score (nSPS) is 11.1. The molecule has 0 atom stereocenters. The molecule has 2 aromatic heterocycles. The van der Waals surface area contributed by atoms with Gasteiger partial charge in [0.25, 0.3) is 0 Å². The largest absolute Gasteiger partial charge is 0.507 e. The Labute approximate surface area is 178 Å². The summed E-state index contributed by atoms with van der Waals surface area (Å²) in [5, 5.41) is 10.2. The van der Waals surface area contributed by atoms with E-state index in [2.05, 4.69) is 56.2 Å². The minimum atomic E-state index is 0.226. The Balaban J connectivity index is 1.75. The molecule has 0 saturated heterocycles. The van der Waals surface area contributed by atoms with E-state index in [0.717, 1.165) is 43.7 Å². The molecule has 2 heterocycles. The maximum Gasteiger partial charge on any atom is 0.124 e. The number of para-hydroxylation sites is 1. The van der Waals surface area contributed by atoms with Crippen LogP contribution in [0.25, 0.3) is 34.7 Å². The molecule has 0 radical (unpaired) electrons. The molecule has 142 valence electrons. The van der Waals surface area contributed by atoms with Gasteiger partial charge in [0.15, 0.2) is 0 Å². The highest BCUT2D eigenvalue weighted by Crippen LogP contribution is 2.32. The van der Waals surface area contributed by atoms with Gasteiger partial charge < -0.3 is 5.11 Å². The molecule has 1 N–H and O–H groups in total. The fraction of sp³-hybridized carbons (Fsp3) is 0.0400. The summed E-state index contributed by atoms with van der Waals surface area (Å²) in [6.45, 7) is 2.00. The van der Waals surface area contributed by atoms with Gasteiger partial charge in [0.1, 0.15) is 5.75 Å². The van der Waals surface area contributed by atoms with Gasteiger partial charge in [-0.2, -0.15) is 0 Å². The molecule has 0 saturated carbocycles.